The summed E-state index contributed by atoms with van der Waals surface area (Å²) in [6, 6.07) is 3.82. The second kappa shape index (κ2) is 2.45. The SMILES string of the molecule is CC1(C)Cn2c(nc3ncccc32)C1=O. The monoisotopic (exact) mass is 201 g/mol. The van der Waals surface area contributed by atoms with E-state index in [9.17, 15) is 4.79 Å². The summed E-state index contributed by atoms with van der Waals surface area (Å²) in [6.07, 6.45) is 1.70. The van der Waals surface area contributed by atoms with E-state index in [4.69, 9.17) is 0 Å². The minimum atomic E-state index is -0.327. The van der Waals surface area contributed by atoms with Crippen LogP contribution >= 0.6 is 0 Å². The van der Waals surface area contributed by atoms with Gasteiger partial charge in [-0.3, -0.25) is 4.79 Å². The molecule has 1 aliphatic heterocycles. The number of Topliss-reactive ketones (excluding diaryl/α,β-unsaturated/α-hetero) is 1. The fourth-order valence-corrected chi connectivity index (χ4v) is 2.06. The van der Waals surface area contributed by atoms with Gasteiger partial charge in [-0.2, -0.15) is 0 Å². The van der Waals surface area contributed by atoms with Gasteiger partial charge in [0.2, 0.25) is 5.78 Å². The minimum Gasteiger partial charge on any atom is -0.319 e. The summed E-state index contributed by atoms with van der Waals surface area (Å²) < 4.78 is 1.96. The summed E-state index contributed by atoms with van der Waals surface area (Å²) in [4.78, 5) is 20.4. The van der Waals surface area contributed by atoms with Crippen molar-refractivity contribution in [1.29, 1.82) is 0 Å². The van der Waals surface area contributed by atoms with Gasteiger partial charge in [0.1, 0.15) is 0 Å². The lowest BCUT2D eigenvalue weighted by molar-refractivity contribution is 0.0857. The van der Waals surface area contributed by atoms with E-state index in [1.807, 2.05) is 30.5 Å². The normalized spacial score (nSPS) is 18.4. The molecule has 0 bridgehead atoms. The second-order valence-corrected chi connectivity index (χ2v) is 4.58. The van der Waals surface area contributed by atoms with Crippen molar-refractivity contribution < 1.29 is 4.79 Å². The van der Waals surface area contributed by atoms with Crippen LogP contribution in [0.1, 0.15) is 24.5 Å². The van der Waals surface area contributed by atoms with E-state index in [2.05, 4.69) is 9.97 Å². The van der Waals surface area contributed by atoms with Gasteiger partial charge >= 0.3 is 0 Å². The lowest BCUT2D eigenvalue weighted by Crippen LogP contribution is -2.20. The molecule has 0 aliphatic carbocycles. The van der Waals surface area contributed by atoms with Gasteiger partial charge in [-0.1, -0.05) is 13.8 Å². The summed E-state index contributed by atoms with van der Waals surface area (Å²) in [5.41, 5.74) is 1.29. The Kier molecular flexibility index (Phi) is 1.40. The van der Waals surface area contributed by atoms with Crippen LogP contribution in [0.4, 0.5) is 0 Å². The van der Waals surface area contributed by atoms with Crippen LogP contribution in [0.2, 0.25) is 0 Å². The maximum Gasteiger partial charge on any atom is 0.205 e. The van der Waals surface area contributed by atoms with Crippen LogP contribution in [0.3, 0.4) is 0 Å². The fraction of sp³-hybridized carbons (Fsp3) is 0.364. The molecule has 2 aromatic rings. The first-order valence-electron chi connectivity index (χ1n) is 4.96. The highest BCUT2D eigenvalue weighted by Crippen LogP contribution is 2.33. The number of imidazole rings is 1. The summed E-state index contributed by atoms with van der Waals surface area (Å²) in [5.74, 6) is 0.661. The Labute approximate surface area is 87.0 Å². The zero-order valence-electron chi connectivity index (χ0n) is 8.69. The van der Waals surface area contributed by atoms with Crippen LogP contribution in [0, 0.1) is 5.41 Å². The predicted molar refractivity (Wildman–Crippen MR) is 55.6 cm³/mol. The molecule has 0 atom stereocenters. The Hall–Kier alpha value is -1.71. The van der Waals surface area contributed by atoms with Gasteiger partial charge in [0.25, 0.3) is 0 Å². The van der Waals surface area contributed by atoms with Crippen molar-refractivity contribution >= 4 is 16.9 Å². The highest BCUT2D eigenvalue weighted by Gasteiger charge is 2.40. The third kappa shape index (κ3) is 0.988. The summed E-state index contributed by atoms with van der Waals surface area (Å²) in [6.45, 7) is 4.60. The largest absolute Gasteiger partial charge is 0.319 e. The van der Waals surface area contributed by atoms with E-state index in [1.54, 1.807) is 6.20 Å². The molecule has 0 unspecified atom stereocenters. The molecule has 15 heavy (non-hydrogen) atoms. The molecule has 3 heterocycles. The Morgan fingerprint density at radius 2 is 2.27 bits per heavy atom. The molecule has 76 valence electrons. The summed E-state index contributed by atoms with van der Waals surface area (Å²) in [5, 5.41) is 0. The van der Waals surface area contributed by atoms with Gasteiger partial charge in [0.15, 0.2) is 11.5 Å². The maximum atomic E-state index is 12.0. The van der Waals surface area contributed by atoms with Crippen LogP contribution in [-0.2, 0) is 6.54 Å². The number of rotatable bonds is 0. The zero-order chi connectivity index (χ0) is 10.6. The first-order valence-corrected chi connectivity index (χ1v) is 4.96. The van der Waals surface area contributed by atoms with Gasteiger partial charge in [-0.25, -0.2) is 9.97 Å². The van der Waals surface area contributed by atoms with Crippen molar-refractivity contribution in [3.63, 3.8) is 0 Å². The van der Waals surface area contributed by atoms with Crippen molar-refractivity contribution in [2.75, 3.05) is 0 Å². The van der Waals surface area contributed by atoms with Crippen LogP contribution in [0.25, 0.3) is 11.2 Å². The third-order valence-electron chi connectivity index (χ3n) is 2.90. The van der Waals surface area contributed by atoms with Crippen molar-refractivity contribution in [2.24, 2.45) is 5.41 Å². The molecule has 4 nitrogen and oxygen atoms in total. The van der Waals surface area contributed by atoms with Gasteiger partial charge in [0, 0.05) is 18.2 Å². The molecule has 4 heteroatoms. The first kappa shape index (κ1) is 8.59. The molecule has 0 saturated carbocycles. The molecule has 0 aromatic carbocycles. The van der Waals surface area contributed by atoms with Crippen LogP contribution in [0.5, 0.6) is 0 Å². The average Bonchev–Trinajstić information content (AvgIpc) is 2.65. The van der Waals surface area contributed by atoms with Crippen molar-refractivity contribution in [3.8, 4) is 0 Å². The highest BCUT2D eigenvalue weighted by atomic mass is 16.1. The number of carbonyl (C=O) groups is 1. The number of hydrogen-bond donors (Lipinski definition) is 0. The highest BCUT2D eigenvalue weighted by molar-refractivity contribution is 6.01. The Balaban J connectivity index is 2.33. The second-order valence-electron chi connectivity index (χ2n) is 4.58. The average molecular weight is 201 g/mol. The Morgan fingerprint density at radius 3 is 3.07 bits per heavy atom. The van der Waals surface area contributed by atoms with E-state index in [0.29, 0.717) is 18.0 Å². The molecule has 2 aromatic heterocycles. The summed E-state index contributed by atoms with van der Waals surface area (Å²) in [7, 11) is 0. The van der Waals surface area contributed by atoms with Crippen LogP contribution in [0.15, 0.2) is 18.3 Å². The molecular weight excluding hydrogens is 190 g/mol. The Morgan fingerprint density at radius 1 is 1.47 bits per heavy atom. The minimum absolute atomic E-state index is 0.112. The molecule has 0 radical (unpaired) electrons. The van der Waals surface area contributed by atoms with E-state index < -0.39 is 0 Å². The number of pyridine rings is 1. The molecular formula is C11H11N3O. The van der Waals surface area contributed by atoms with Crippen molar-refractivity contribution in [3.05, 3.63) is 24.2 Å². The molecule has 0 fully saturated rings. The standard InChI is InChI=1S/C11H11N3O/c1-11(2)6-14-7-4-3-5-12-9(7)13-10(14)8(11)15/h3-5H,6H2,1-2H3. The fourth-order valence-electron chi connectivity index (χ4n) is 2.06. The number of carbonyl (C=O) groups excluding carboxylic acids is 1. The molecule has 0 amide bonds. The smallest absolute Gasteiger partial charge is 0.205 e. The van der Waals surface area contributed by atoms with Crippen LogP contribution < -0.4 is 0 Å². The quantitative estimate of drug-likeness (QED) is 0.651. The van der Waals surface area contributed by atoms with Crippen molar-refractivity contribution in [1.82, 2.24) is 14.5 Å². The Bertz CT molecular complexity index is 568. The van der Waals surface area contributed by atoms with E-state index in [-0.39, 0.29) is 11.2 Å². The van der Waals surface area contributed by atoms with E-state index in [1.165, 1.54) is 0 Å². The number of fused-ring (bicyclic) bond motifs is 3. The molecule has 3 rings (SSSR count). The topological polar surface area (TPSA) is 47.8 Å². The molecule has 0 N–H and O–H groups in total. The summed E-state index contributed by atoms with van der Waals surface area (Å²) >= 11 is 0. The lowest BCUT2D eigenvalue weighted by Gasteiger charge is -2.13. The molecule has 0 spiro atoms. The van der Waals surface area contributed by atoms with Gasteiger partial charge in [0.05, 0.1) is 5.52 Å². The number of aromatic nitrogens is 3. The van der Waals surface area contributed by atoms with Crippen LogP contribution in [-0.4, -0.2) is 20.3 Å². The van der Waals surface area contributed by atoms with Gasteiger partial charge < -0.3 is 4.57 Å². The zero-order valence-corrected chi connectivity index (χ0v) is 8.69. The van der Waals surface area contributed by atoms with Gasteiger partial charge in [-0.15, -0.1) is 0 Å². The van der Waals surface area contributed by atoms with Crippen molar-refractivity contribution in [2.45, 2.75) is 20.4 Å². The molecule has 0 saturated heterocycles. The molecule has 1 aliphatic rings. The third-order valence-corrected chi connectivity index (χ3v) is 2.90. The first-order chi connectivity index (χ1) is 7.09. The lowest BCUT2D eigenvalue weighted by atomic mass is 9.91. The number of ketones is 1. The van der Waals surface area contributed by atoms with E-state index >= 15 is 0 Å². The predicted octanol–water partition coefficient (Wildman–Crippen LogP) is 1.65. The maximum absolute atomic E-state index is 12.0. The number of hydrogen-bond acceptors (Lipinski definition) is 3. The van der Waals surface area contributed by atoms with Gasteiger partial charge in [-0.05, 0) is 12.1 Å². The number of nitrogens with zero attached hydrogens (tertiary/aromatic N) is 3. The van der Waals surface area contributed by atoms with E-state index in [0.717, 1.165) is 5.52 Å².